The van der Waals surface area contributed by atoms with Gasteiger partial charge in [-0.2, -0.15) is 0 Å². The van der Waals surface area contributed by atoms with Crippen LogP contribution in [0.4, 0.5) is 0 Å². The number of ketones is 1. The number of Topliss-reactive ketones (excluding diaryl/α,β-unsaturated/α-hetero) is 1. The molecule has 144 valence electrons. The molecular weight excluding hydrogens is 372 g/mol. The number of halogens is 1. The fraction of sp³-hybridized carbons (Fsp3) is 0.300. The van der Waals surface area contributed by atoms with Gasteiger partial charge in [-0.15, -0.1) is 0 Å². The monoisotopic (exact) mass is 392 g/mol. The first-order valence-electron chi connectivity index (χ1n) is 8.17. The number of hydrogen-bond donors (Lipinski definition) is 0. The standard InChI is InChI=1S/C20H21ClO6/c1-12(19(23)14-5-7-15(21)8-6-14)27-18(22)11-13-9-16(24-2)20(26-4)17(10-13)25-3/h5-10,12H,11H2,1-4H3/t12-/m1/s1. The molecule has 0 spiro atoms. The summed E-state index contributed by atoms with van der Waals surface area (Å²) in [5.41, 5.74) is 1.04. The maximum Gasteiger partial charge on any atom is 0.310 e. The van der Waals surface area contributed by atoms with Crippen LogP contribution in [0.3, 0.4) is 0 Å². The van der Waals surface area contributed by atoms with Gasteiger partial charge < -0.3 is 18.9 Å². The summed E-state index contributed by atoms with van der Waals surface area (Å²) in [4.78, 5) is 24.6. The molecule has 1 atom stereocenters. The Morgan fingerprint density at radius 2 is 1.52 bits per heavy atom. The molecule has 0 aliphatic heterocycles. The largest absolute Gasteiger partial charge is 0.493 e. The van der Waals surface area contributed by atoms with Crippen molar-refractivity contribution < 1.29 is 28.5 Å². The molecule has 0 saturated carbocycles. The fourth-order valence-corrected chi connectivity index (χ4v) is 2.67. The Kier molecular flexibility index (Phi) is 7.07. The first-order chi connectivity index (χ1) is 12.9. The summed E-state index contributed by atoms with van der Waals surface area (Å²) in [7, 11) is 4.48. The Morgan fingerprint density at radius 3 is 2.00 bits per heavy atom. The van der Waals surface area contributed by atoms with Crippen molar-refractivity contribution in [1.82, 2.24) is 0 Å². The third-order valence-corrected chi connectivity index (χ3v) is 4.13. The van der Waals surface area contributed by atoms with Crippen molar-refractivity contribution in [2.75, 3.05) is 21.3 Å². The van der Waals surface area contributed by atoms with Gasteiger partial charge >= 0.3 is 5.97 Å². The molecular formula is C20H21ClO6. The maximum atomic E-state index is 12.4. The minimum Gasteiger partial charge on any atom is -0.493 e. The van der Waals surface area contributed by atoms with E-state index in [4.69, 9.17) is 30.5 Å². The van der Waals surface area contributed by atoms with Gasteiger partial charge in [0.15, 0.2) is 17.6 Å². The van der Waals surface area contributed by atoms with Crippen LogP contribution in [0.2, 0.25) is 5.02 Å². The quantitative estimate of drug-likeness (QED) is 0.503. The van der Waals surface area contributed by atoms with E-state index < -0.39 is 12.1 Å². The minimum atomic E-state index is -0.916. The van der Waals surface area contributed by atoms with Gasteiger partial charge in [-0.3, -0.25) is 9.59 Å². The van der Waals surface area contributed by atoms with E-state index in [1.165, 1.54) is 28.3 Å². The third kappa shape index (κ3) is 5.14. The lowest BCUT2D eigenvalue weighted by atomic mass is 10.1. The predicted molar refractivity (Wildman–Crippen MR) is 101 cm³/mol. The van der Waals surface area contributed by atoms with Crippen LogP contribution in [0.25, 0.3) is 0 Å². The average molecular weight is 393 g/mol. The summed E-state index contributed by atoms with van der Waals surface area (Å²) in [5.74, 6) is 0.460. The second-order valence-corrected chi connectivity index (χ2v) is 6.15. The summed E-state index contributed by atoms with van der Waals surface area (Å²) in [5, 5.41) is 0.526. The molecule has 0 bridgehead atoms. The lowest BCUT2D eigenvalue weighted by Gasteiger charge is -2.15. The molecule has 0 aliphatic rings. The predicted octanol–water partition coefficient (Wildman–Crippen LogP) is 3.72. The Balaban J connectivity index is 2.08. The van der Waals surface area contributed by atoms with Crippen molar-refractivity contribution in [2.24, 2.45) is 0 Å². The molecule has 0 N–H and O–H groups in total. The molecule has 2 rings (SSSR count). The second kappa shape index (κ2) is 9.28. The molecule has 0 amide bonds. The molecule has 6 nitrogen and oxygen atoms in total. The maximum absolute atomic E-state index is 12.4. The van der Waals surface area contributed by atoms with Gasteiger partial charge in [-0.25, -0.2) is 0 Å². The molecule has 2 aromatic carbocycles. The summed E-state index contributed by atoms with van der Waals surface area (Å²) < 4.78 is 21.1. The third-order valence-electron chi connectivity index (χ3n) is 3.88. The van der Waals surface area contributed by atoms with Gasteiger partial charge in [0.05, 0.1) is 27.8 Å². The first-order valence-corrected chi connectivity index (χ1v) is 8.55. The van der Waals surface area contributed by atoms with E-state index >= 15 is 0 Å². The smallest absolute Gasteiger partial charge is 0.310 e. The zero-order valence-electron chi connectivity index (χ0n) is 15.6. The van der Waals surface area contributed by atoms with Crippen LogP contribution in [-0.4, -0.2) is 39.2 Å². The number of benzene rings is 2. The topological polar surface area (TPSA) is 71.1 Å². The molecule has 0 saturated heterocycles. The Labute approximate surface area is 162 Å². The number of carbonyl (C=O) groups is 2. The summed E-state index contributed by atoms with van der Waals surface area (Å²) in [6.07, 6.45) is -0.963. The molecule has 2 aromatic rings. The molecule has 0 aromatic heterocycles. The molecule has 0 radical (unpaired) electrons. The highest BCUT2D eigenvalue weighted by molar-refractivity contribution is 6.30. The van der Waals surface area contributed by atoms with E-state index in [0.29, 0.717) is 33.4 Å². The van der Waals surface area contributed by atoms with Gasteiger partial charge in [0, 0.05) is 10.6 Å². The number of rotatable bonds is 8. The zero-order chi connectivity index (χ0) is 20.0. The lowest BCUT2D eigenvalue weighted by Crippen LogP contribution is -2.25. The van der Waals surface area contributed by atoms with Crippen LogP contribution < -0.4 is 14.2 Å². The van der Waals surface area contributed by atoms with Gasteiger partial charge in [-0.1, -0.05) is 11.6 Å². The molecule has 0 fully saturated rings. The van der Waals surface area contributed by atoms with Crippen LogP contribution in [0, 0.1) is 0 Å². The molecule has 0 heterocycles. The summed E-state index contributed by atoms with van der Waals surface area (Å²) in [6, 6.07) is 9.73. The molecule has 27 heavy (non-hydrogen) atoms. The van der Waals surface area contributed by atoms with Crippen LogP contribution in [0.5, 0.6) is 17.2 Å². The van der Waals surface area contributed by atoms with Gasteiger partial charge in [0.2, 0.25) is 11.5 Å². The molecule has 7 heteroatoms. The summed E-state index contributed by atoms with van der Waals surface area (Å²) in [6.45, 7) is 1.53. The second-order valence-electron chi connectivity index (χ2n) is 5.71. The van der Waals surface area contributed by atoms with Crippen molar-refractivity contribution in [2.45, 2.75) is 19.4 Å². The van der Waals surface area contributed by atoms with Crippen LogP contribution in [0.15, 0.2) is 36.4 Å². The molecule has 0 unspecified atom stereocenters. The first kappa shape index (κ1) is 20.6. The van der Waals surface area contributed by atoms with Crippen molar-refractivity contribution in [3.63, 3.8) is 0 Å². The molecule has 0 aliphatic carbocycles. The van der Waals surface area contributed by atoms with E-state index in [9.17, 15) is 9.59 Å². The van der Waals surface area contributed by atoms with E-state index in [0.717, 1.165) is 0 Å². The number of ether oxygens (including phenoxy) is 4. The van der Waals surface area contributed by atoms with Crippen molar-refractivity contribution in [1.29, 1.82) is 0 Å². The summed E-state index contributed by atoms with van der Waals surface area (Å²) >= 11 is 5.82. The van der Waals surface area contributed by atoms with Gasteiger partial charge in [0.25, 0.3) is 0 Å². The average Bonchev–Trinajstić information content (AvgIpc) is 2.66. The lowest BCUT2D eigenvalue weighted by molar-refractivity contribution is -0.145. The number of esters is 1. The van der Waals surface area contributed by atoms with E-state index in [1.54, 1.807) is 36.4 Å². The fourth-order valence-electron chi connectivity index (χ4n) is 2.55. The Bertz CT molecular complexity index is 791. The SMILES string of the molecule is COc1cc(CC(=O)O[C@H](C)C(=O)c2ccc(Cl)cc2)cc(OC)c1OC. The Hall–Kier alpha value is -2.73. The highest BCUT2D eigenvalue weighted by atomic mass is 35.5. The van der Waals surface area contributed by atoms with Crippen LogP contribution in [0.1, 0.15) is 22.8 Å². The van der Waals surface area contributed by atoms with Gasteiger partial charge in [-0.05, 0) is 48.9 Å². The van der Waals surface area contributed by atoms with E-state index in [1.807, 2.05) is 0 Å². The minimum absolute atomic E-state index is 0.0467. The number of methoxy groups -OCH3 is 3. The highest BCUT2D eigenvalue weighted by Crippen LogP contribution is 2.38. The van der Waals surface area contributed by atoms with E-state index in [-0.39, 0.29) is 12.2 Å². The van der Waals surface area contributed by atoms with Crippen LogP contribution in [-0.2, 0) is 16.0 Å². The normalized spacial score (nSPS) is 11.4. The van der Waals surface area contributed by atoms with Crippen LogP contribution >= 0.6 is 11.6 Å². The number of carbonyl (C=O) groups excluding carboxylic acids is 2. The Morgan fingerprint density at radius 1 is 0.963 bits per heavy atom. The van der Waals surface area contributed by atoms with Crippen molar-refractivity contribution >= 4 is 23.4 Å². The van der Waals surface area contributed by atoms with Crippen molar-refractivity contribution in [3.05, 3.63) is 52.5 Å². The van der Waals surface area contributed by atoms with Gasteiger partial charge in [0.1, 0.15) is 0 Å². The highest BCUT2D eigenvalue weighted by Gasteiger charge is 2.21. The van der Waals surface area contributed by atoms with E-state index in [2.05, 4.69) is 0 Å². The zero-order valence-corrected chi connectivity index (χ0v) is 16.3. The van der Waals surface area contributed by atoms with Crippen molar-refractivity contribution in [3.8, 4) is 17.2 Å². The number of hydrogen-bond acceptors (Lipinski definition) is 6.